The number of benzene rings is 3. The maximum Gasteiger partial charge on any atom is 0.163 e. The van der Waals surface area contributed by atoms with Gasteiger partial charge in [0.25, 0.3) is 0 Å². The quantitative estimate of drug-likeness (QED) is 0.188. The molecule has 0 aliphatic heterocycles. The number of Topliss-reactive ketones (excluding diaryl/α,β-unsaturated/α-hetero) is 1. The fourth-order valence-electron chi connectivity index (χ4n) is 5.35. The standard InChI is InChI=1S/C34H30ClFN4O2S/c1-18-13-27-32(30(20-7-10-23(35)11-8-20)29(18)31(19(2)41)42-34(3,4)5)43-33(39-27)24-15-26(37-17-25(24)36)21-9-12-28-22(14-21)16-38-40(28)6/h7-17,31H,1-6H3/t31-/m1/s1. The van der Waals surface area contributed by atoms with Gasteiger partial charge in [0.15, 0.2) is 11.6 Å². The lowest BCUT2D eigenvalue weighted by Gasteiger charge is -2.29. The molecule has 0 fully saturated rings. The fourth-order valence-corrected chi connectivity index (χ4v) is 6.62. The maximum absolute atomic E-state index is 15.4. The van der Waals surface area contributed by atoms with Crippen LogP contribution in [0.4, 0.5) is 4.39 Å². The number of thiazole rings is 1. The minimum Gasteiger partial charge on any atom is -0.360 e. The average molecular weight is 613 g/mol. The van der Waals surface area contributed by atoms with Crippen LogP contribution < -0.4 is 0 Å². The summed E-state index contributed by atoms with van der Waals surface area (Å²) in [6.07, 6.45) is 2.24. The minimum atomic E-state index is -0.799. The van der Waals surface area contributed by atoms with Gasteiger partial charge in [-0.25, -0.2) is 9.37 Å². The molecule has 0 saturated heterocycles. The van der Waals surface area contributed by atoms with Crippen LogP contribution in [0.3, 0.4) is 0 Å². The van der Waals surface area contributed by atoms with Crippen molar-refractivity contribution < 1.29 is 13.9 Å². The Morgan fingerprint density at radius 3 is 2.47 bits per heavy atom. The highest BCUT2D eigenvalue weighted by Crippen LogP contribution is 2.45. The number of pyridine rings is 1. The number of fused-ring (bicyclic) bond motifs is 2. The number of aromatic nitrogens is 4. The Labute approximate surface area is 258 Å². The minimum absolute atomic E-state index is 0.104. The predicted molar refractivity (Wildman–Crippen MR) is 172 cm³/mol. The Morgan fingerprint density at radius 2 is 1.77 bits per heavy atom. The van der Waals surface area contributed by atoms with Gasteiger partial charge in [-0.15, -0.1) is 11.3 Å². The highest BCUT2D eigenvalue weighted by Gasteiger charge is 2.30. The molecule has 0 N–H and O–H groups in total. The van der Waals surface area contributed by atoms with Crippen LogP contribution in [0.5, 0.6) is 0 Å². The molecular weight excluding hydrogens is 583 g/mol. The van der Waals surface area contributed by atoms with Crippen molar-refractivity contribution in [2.24, 2.45) is 7.05 Å². The topological polar surface area (TPSA) is 69.9 Å². The largest absolute Gasteiger partial charge is 0.360 e. The Bertz CT molecular complexity index is 2030. The number of carbonyl (C=O) groups excluding carboxylic acids is 1. The van der Waals surface area contributed by atoms with E-state index in [1.807, 2.05) is 88.0 Å². The third kappa shape index (κ3) is 5.58. The smallest absolute Gasteiger partial charge is 0.163 e. The van der Waals surface area contributed by atoms with E-state index in [1.165, 1.54) is 17.5 Å². The van der Waals surface area contributed by atoms with Crippen molar-refractivity contribution in [1.29, 1.82) is 0 Å². The van der Waals surface area contributed by atoms with E-state index in [4.69, 9.17) is 21.3 Å². The lowest BCUT2D eigenvalue weighted by molar-refractivity contribution is -0.138. The lowest BCUT2D eigenvalue weighted by Crippen LogP contribution is -2.27. The zero-order valence-electron chi connectivity index (χ0n) is 24.7. The van der Waals surface area contributed by atoms with Gasteiger partial charge in [0, 0.05) is 39.7 Å². The van der Waals surface area contributed by atoms with Gasteiger partial charge in [0.2, 0.25) is 0 Å². The molecule has 3 heterocycles. The van der Waals surface area contributed by atoms with Crippen LogP contribution in [0.1, 0.15) is 44.9 Å². The van der Waals surface area contributed by atoms with E-state index in [2.05, 4.69) is 10.1 Å². The monoisotopic (exact) mass is 612 g/mol. The zero-order valence-corrected chi connectivity index (χ0v) is 26.3. The van der Waals surface area contributed by atoms with Crippen LogP contribution in [0.2, 0.25) is 5.02 Å². The summed E-state index contributed by atoms with van der Waals surface area (Å²) in [7, 11) is 1.89. The molecule has 0 aliphatic rings. The van der Waals surface area contributed by atoms with Gasteiger partial charge in [0.1, 0.15) is 11.1 Å². The summed E-state index contributed by atoms with van der Waals surface area (Å²) in [6.45, 7) is 9.29. The number of nitrogens with zero attached hydrogens (tertiary/aromatic N) is 4. The molecule has 0 bridgehead atoms. The van der Waals surface area contributed by atoms with Crippen molar-refractivity contribution in [3.05, 3.63) is 89.0 Å². The lowest BCUT2D eigenvalue weighted by atomic mass is 9.90. The van der Waals surface area contributed by atoms with Gasteiger partial charge in [-0.3, -0.25) is 14.5 Å². The maximum atomic E-state index is 15.4. The second kappa shape index (κ2) is 10.9. The Morgan fingerprint density at radius 1 is 1.05 bits per heavy atom. The average Bonchev–Trinajstić information content (AvgIpc) is 3.54. The number of ketones is 1. The molecule has 6 aromatic rings. The number of aryl methyl sites for hydroxylation is 2. The molecule has 0 aliphatic carbocycles. The first-order chi connectivity index (χ1) is 20.4. The molecule has 0 amide bonds. The fraction of sp³-hybridized carbons (Fsp3) is 0.235. The molecule has 218 valence electrons. The van der Waals surface area contributed by atoms with E-state index in [0.717, 1.165) is 43.4 Å². The number of rotatable bonds is 6. The highest BCUT2D eigenvalue weighted by molar-refractivity contribution is 7.22. The van der Waals surface area contributed by atoms with E-state index < -0.39 is 17.5 Å². The van der Waals surface area contributed by atoms with Gasteiger partial charge in [-0.05, 0) is 82.1 Å². The highest BCUT2D eigenvalue weighted by atomic mass is 35.5. The first kappa shape index (κ1) is 29.1. The van der Waals surface area contributed by atoms with Gasteiger partial charge in [-0.2, -0.15) is 5.10 Å². The summed E-state index contributed by atoms with van der Waals surface area (Å²) in [5.74, 6) is -0.569. The van der Waals surface area contributed by atoms with Gasteiger partial charge in [-0.1, -0.05) is 29.8 Å². The molecule has 3 aromatic carbocycles. The van der Waals surface area contributed by atoms with Crippen molar-refractivity contribution in [2.45, 2.75) is 46.3 Å². The van der Waals surface area contributed by atoms with Gasteiger partial charge in [0.05, 0.1) is 39.4 Å². The summed E-state index contributed by atoms with van der Waals surface area (Å²) in [4.78, 5) is 22.3. The molecule has 6 nitrogen and oxygen atoms in total. The van der Waals surface area contributed by atoms with Crippen molar-refractivity contribution in [1.82, 2.24) is 19.7 Å². The van der Waals surface area contributed by atoms with Crippen molar-refractivity contribution in [3.63, 3.8) is 0 Å². The molecule has 43 heavy (non-hydrogen) atoms. The second-order valence-electron chi connectivity index (χ2n) is 11.7. The van der Waals surface area contributed by atoms with Crippen molar-refractivity contribution >= 4 is 49.8 Å². The third-order valence-corrected chi connectivity index (χ3v) is 8.67. The van der Waals surface area contributed by atoms with Crippen LogP contribution in [0.25, 0.3) is 54.1 Å². The van der Waals surface area contributed by atoms with Crippen LogP contribution >= 0.6 is 22.9 Å². The number of hydrogen-bond acceptors (Lipinski definition) is 6. The summed E-state index contributed by atoms with van der Waals surface area (Å²) in [6, 6.07) is 17.1. The zero-order chi connectivity index (χ0) is 30.6. The molecule has 0 spiro atoms. The molecule has 0 radical (unpaired) electrons. The molecule has 6 rings (SSSR count). The molecular formula is C34H30ClFN4O2S. The molecule has 9 heteroatoms. The molecule has 1 atom stereocenters. The number of carbonyl (C=O) groups is 1. The van der Waals surface area contributed by atoms with Crippen molar-refractivity contribution in [3.8, 4) is 33.0 Å². The van der Waals surface area contributed by atoms with Crippen LogP contribution in [-0.4, -0.2) is 31.1 Å². The number of hydrogen-bond donors (Lipinski definition) is 0. The van der Waals surface area contributed by atoms with Crippen LogP contribution in [0.15, 0.2) is 67.0 Å². The second-order valence-corrected chi connectivity index (χ2v) is 13.1. The Balaban J connectivity index is 1.56. The predicted octanol–water partition coefficient (Wildman–Crippen LogP) is 9.13. The van der Waals surface area contributed by atoms with Crippen LogP contribution in [-0.2, 0) is 16.6 Å². The molecule has 3 aromatic heterocycles. The summed E-state index contributed by atoms with van der Waals surface area (Å²) in [5.41, 5.74) is 6.31. The van der Waals surface area contributed by atoms with Gasteiger partial charge < -0.3 is 4.74 Å². The van der Waals surface area contributed by atoms with E-state index in [0.29, 0.717) is 26.8 Å². The third-order valence-electron chi connectivity index (χ3n) is 7.29. The number of halogens is 2. The normalized spacial score (nSPS) is 12.7. The van der Waals surface area contributed by atoms with E-state index in [-0.39, 0.29) is 5.78 Å². The number of ether oxygens (including phenoxy) is 1. The summed E-state index contributed by atoms with van der Waals surface area (Å²) in [5, 5.41) is 6.41. The molecule has 0 saturated carbocycles. The Hall–Kier alpha value is -3.98. The molecule has 0 unspecified atom stereocenters. The van der Waals surface area contributed by atoms with E-state index in [9.17, 15) is 4.79 Å². The van der Waals surface area contributed by atoms with E-state index >= 15 is 4.39 Å². The first-order valence-electron chi connectivity index (χ1n) is 13.9. The van der Waals surface area contributed by atoms with Gasteiger partial charge >= 0.3 is 0 Å². The first-order valence-corrected chi connectivity index (χ1v) is 15.1. The van der Waals surface area contributed by atoms with Crippen molar-refractivity contribution in [2.75, 3.05) is 0 Å². The summed E-state index contributed by atoms with van der Waals surface area (Å²) < 4.78 is 24.4. The SMILES string of the molecule is CC(=O)[C@@H](OC(C)(C)C)c1c(C)cc2nc(-c3cc(-c4ccc5c(cnn5C)c4)ncc3F)sc2c1-c1ccc(Cl)cc1. The summed E-state index contributed by atoms with van der Waals surface area (Å²) >= 11 is 7.63. The van der Waals surface area contributed by atoms with Crippen LogP contribution in [0, 0.1) is 12.7 Å². The Kier molecular flexibility index (Phi) is 7.40. The van der Waals surface area contributed by atoms with E-state index in [1.54, 1.807) is 19.2 Å².